The van der Waals surface area contributed by atoms with Crippen molar-refractivity contribution in [1.29, 1.82) is 0 Å². The number of hydrogen-bond acceptors (Lipinski definition) is 1. The molecule has 82 valence electrons. The van der Waals surface area contributed by atoms with Gasteiger partial charge in [0, 0.05) is 5.56 Å². The summed E-state index contributed by atoms with van der Waals surface area (Å²) < 4.78 is 37.8. The molecule has 0 saturated heterocycles. The molecule has 0 atom stereocenters. The molecule has 0 aromatic heterocycles. The number of carbonyl (C=O) groups is 1. The molecule has 0 radical (unpaired) electrons. The summed E-state index contributed by atoms with van der Waals surface area (Å²) in [5, 5.41) is 0. The van der Waals surface area contributed by atoms with E-state index in [1.807, 2.05) is 0 Å². The number of aryl methyl sites for hydroxylation is 2. The lowest BCUT2D eigenvalue weighted by molar-refractivity contribution is -0.138. The Hall–Kier alpha value is -1.32. The van der Waals surface area contributed by atoms with Crippen LogP contribution in [-0.2, 0) is 6.18 Å². The molecular formula is C11H11F3O. The molecule has 0 amide bonds. The van der Waals surface area contributed by atoms with Gasteiger partial charge in [-0.05, 0) is 32.4 Å². The van der Waals surface area contributed by atoms with Crippen LogP contribution in [0.5, 0.6) is 0 Å². The fourth-order valence-electron chi connectivity index (χ4n) is 1.66. The van der Waals surface area contributed by atoms with E-state index in [1.54, 1.807) is 13.0 Å². The summed E-state index contributed by atoms with van der Waals surface area (Å²) in [6.45, 7) is 4.23. The molecule has 1 rings (SSSR count). The molecule has 0 N–H and O–H groups in total. The van der Waals surface area contributed by atoms with Crippen LogP contribution in [-0.4, -0.2) is 5.78 Å². The summed E-state index contributed by atoms with van der Waals surface area (Å²) in [5.74, 6) is -0.556. The smallest absolute Gasteiger partial charge is 0.294 e. The Morgan fingerprint density at radius 3 is 2.13 bits per heavy atom. The van der Waals surface area contributed by atoms with E-state index in [1.165, 1.54) is 6.92 Å². The zero-order chi connectivity index (χ0) is 11.8. The molecule has 0 spiro atoms. The van der Waals surface area contributed by atoms with Crippen LogP contribution in [0.2, 0.25) is 0 Å². The van der Waals surface area contributed by atoms with Crippen molar-refractivity contribution in [3.05, 3.63) is 34.4 Å². The van der Waals surface area contributed by atoms with Gasteiger partial charge in [0.05, 0.1) is 5.56 Å². The first-order valence-electron chi connectivity index (χ1n) is 4.43. The van der Waals surface area contributed by atoms with Gasteiger partial charge in [-0.1, -0.05) is 11.6 Å². The molecular weight excluding hydrogens is 205 g/mol. The minimum absolute atomic E-state index is 0.229. The third kappa shape index (κ3) is 2.37. The number of ketones is 1. The predicted octanol–water partition coefficient (Wildman–Crippen LogP) is 3.52. The summed E-state index contributed by atoms with van der Waals surface area (Å²) in [6, 6.07) is 2.58. The Morgan fingerprint density at radius 1 is 1.20 bits per heavy atom. The van der Waals surface area contributed by atoms with Crippen LogP contribution < -0.4 is 0 Å². The van der Waals surface area contributed by atoms with E-state index in [0.717, 1.165) is 13.0 Å². The van der Waals surface area contributed by atoms with Crippen molar-refractivity contribution in [2.24, 2.45) is 0 Å². The van der Waals surface area contributed by atoms with Gasteiger partial charge >= 0.3 is 6.18 Å². The van der Waals surface area contributed by atoms with Crippen LogP contribution in [0.3, 0.4) is 0 Å². The van der Waals surface area contributed by atoms with Crippen molar-refractivity contribution in [3.8, 4) is 0 Å². The molecule has 0 aliphatic carbocycles. The van der Waals surface area contributed by atoms with Crippen LogP contribution in [0, 0.1) is 13.8 Å². The molecule has 0 heterocycles. The standard InChI is InChI=1S/C11H11F3O/c1-6-4-7(2)10(8(3)15)9(5-6)11(12,13)14/h4-5H,1-3H3. The highest BCUT2D eigenvalue weighted by Gasteiger charge is 2.35. The summed E-state index contributed by atoms with van der Waals surface area (Å²) in [7, 11) is 0. The maximum absolute atomic E-state index is 12.6. The Bertz CT molecular complexity index is 405. The molecule has 1 nitrogen and oxygen atoms in total. The minimum Gasteiger partial charge on any atom is -0.294 e. The Labute approximate surface area is 85.9 Å². The van der Waals surface area contributed by atoms with Crippen molar-refractivity contribution in [3.63, 3.8) is 0 Å². The topological polar surface area (TPSA) is 17.1 Å². The summed E-state index contributed by atoms with van der Waals surface area (Å²) in [5.41, 5.74) is -0.194. The molecule has 1 aromatic rings. The van der Waals surface area contributed by atoms with Gasteiger partial charge in [0.2, 0.25) is 0 Å². The number of Topliss-reactive ketones (excluding diaryl/α,β-unsaturated/α-hetero) is 1. The summed E-state index contributed by atoms with van der Waals surface area (Å²) in [4.78, 5) is 11.1. The largest absolute Gasteiger partial charge is 0.417 e. The van der Waals surface area contributed by atoms with Crippen molar-refractivity contribution >= 4 is 5.78 Å². The number of carbonyl (C=O) groups excluding carboxylic acids is 1. The first kappa shape index (κ1) is 11.8. The van der Waals surface area contributed by atoms with Gasteiger partial charge in [0.25, 0.3) is 0 Å². The lowest BCUT2D eigenvalue weighted by atomic mass is 9.96. The van der Waals surface area contributed by atoms with Gasteiger partial charge in [-0.3, -0.25) is 4.79 Å². The number of halogens is 3. The highest BCUT2D eigenvalue weighted by molar-refractivity contribution is 5.97. The zero-order valence-electron chi connectivity index (χ0n) is 8.70. The summed E-state index contributed by atoms with van der Waals surface area (Å²) >= 11 is 0. The second-order valence-corrected chi connectivity index (χ2v) is 3.56. The SMILES string of the molecule is CC(=O)c1c(C)cc(C)cc1C(F)(F)F. The van der Waals surface area contributed by atoms with Crippen molar-refractivity contribution < 1.29 is 18.0 Å². The monoisotopic (exact) mass is 216 g/mol. The minimum atomic E-state index is -4.47. The molecule has 1 aromatic carbocycles. The van der Waals surface area contributed by atoms with Gasteiger partial charge in [0.15, 0.2) is 5.78 Å². The molecule has 0 aliphatic rings. The van der Waals surface area contributed by atoms with Gasteiger partial charge in [-0.15, -0.1) is 0 Å². The van der Waals surface area contributed by atoms with Crippen LogP contribution >= 0.6 is 0 Å². The van der Waals surface area contributed by atoms with Gasteiger partial charge < -0.3 is 0 Å². The lowest BCUT2D eigenvalue weighted by Crippen LogP contribution is -2.13. The van der Waals surface area contributed by atoms with Crippen molar-refractivity contribution in [1.82, 2.24) is 0 Å². The second kappa shape index (κ2) is 3.68. The van der Waals surface area contributed by atoms with Gasteiger partial charge in [0.1, 0.15) is 0 Å². The number of hydrogen-bond donors (Lipinski definition) is 0. The maximum atomic E-state index is 12.6. The molecule has 0 bridgehead atoms. The third-order valence-electron chi connectivity index (χ3n) is 2.14. The fourth-order valence-corrected chi connectivity index (χ4v) is 1.66. The van der Waals surface area contributed by atoms with Gasteiger partial charge in [-0.2, -0.15) is 13.2 Å². The second-order valence-electron chi connectivity index (χ2n) is 3.56. The van der Waals surface area contributed by atoms with E-state index in [9.17, 15) is 18.0 Å². The van der Waals surface area contributed by atoms with E-state index >= 15 is 0 Å². The highest BCUT2D eigenvalue weighted by Crippen LogP contribution is 2.34. The van der Waals surface area contributed by atoms with Crippen LogP contribution in [0.1, 0.15) is 34.0 Å². The van der Waals surface area contributed by atoms with E-state index in [2.05, 4.69) is 0 Å². The van der Waals surface area contributed by atoms with E-state index in [0.29, 0.717) is 11.1 Å². The first-order chi connectivity index (χ1) is 6.73. The van der Waals surface area contributed by atoms with Crippen LogP contribution in [0.4, 0.5) is 13.2 Å². The molecule has 0 unspecified atom stereocenters. The average molecular weight is 216 g/mol. The normalized spacial score (nSPS) is 11.6. The number of rotatable bonds is 1. The maximum Gasteiger partial charge on any atom is 0.417 e. The van der Waals surface area contributed by atoms with Crippen molar-refractivity contribution in [2.75, 3.05) is 0 Å². The number of alkyl halides is 3. The molecule has 0 aliphatic heterocycles. The van der Waals surface area contributed by atoms with E-state index < -0.39 is 17.5 Å². The Morgan fingerprint density at radius 2 is 1.73 bits per heavy atom. The lowest BCUT2D eigenvalue weighted by Gasteiger charge is -2.14. The quantitative estimate of drug-likeness (QED) is 0.656. The molecule has 4 heteroatoms. The fraction of sp³-hybridized carbons (Fsp3) is 0.364. The van der Waals surface area contributed by atoms with Crippen LogP contribution in [0.25, 0.3) is 0 Å². The Balaban J connectivity index is 3.54. The molecule has 15 heavy (non-hydrogen) atoms. The van der Waals surface area contributed by atoms with E-state index in [4.69, 9.17) is 0 Å². The van der Waals surface area contributed by atoms with Crippen molar-refractivity contribution in [2.45, 2.75) is 26.9 Å². The molecule has 0 fully saturated rings. The van der Waals surface area contributed by atoms with E-state index in [-0.39, 0.29) is 5.56 Å². The average Bonchev–Trinajstić information content (AvgIpc) is 1.99. The summed E-state index contributed by atoms with van der Waals surface area (Å²) in [6.07, 6.45) is -4.47. The highest BCUT2D eigenvalue weighted by atomic mass is 19.4. The van der Waals surface area contributed by atoms with Crippen LogP contribution in [0.15, 0.2) is 12.1 Å². The Kier molecular flexibility index (Phi) is 2.88. The zero-order valence-corrected chi connectivity index (χ0v) is 8.70. The molecule has 0 saturated carbocycles. The number of benzene rings is 1. The van der Waals surface area contributed by atoms with Gasteiger partial charge in [-0.25, -0.2) is 0 Å². The third-order valence-corrected chi connectivity index (χ3v) is 2.14. The predicted molar refractivity (Wildman–Crippen MR) is 50.9 cm³/mol. The first-order valence-corrected chi connectivity index (χ1v) is 4.43.